The number of benzene rings is 1. The van der Waals surface area contributed by atoms with Gasteiger partial charge in [-0.1, -0.05) is 12.1 Å². The van der Waals surface area contributed by atoms with Crippen LogP contribution in [0.25, 0.3) is 0 Å². The predicted octanol–water partition coefficient (Wildman–Crippen LogP) is 2.85. The molecular formula is C19H29ClN2O3. The van der Waals surface area contributed by atoms with Gasteiger partial charge in [0.25, 0.3) is 5.91 Å². The predicted molar refractivity (Wildman–Crippen MR) is 101 cm³/mol. The van der Waals surface area contributed by atoms with Crippen molar-refractivity contribution in [2.24, 2.45) is 11.7 Å². The second kappa shape index (κ2) is 11.1. The molecule has 1 aliphatic rings. The van der Waals surface area contributed by atoms with Crippen LogP contribution in [0.3, 0.4) is 0 Å². The quantitative estimate of drug-likeness (QED) is 0.725. The number of hydrogen-bond donors (Lipinski definition) is 2. The molecule has 0 atom stereocenters. The van der Waals surface area contributed by atoms with Gasteiger partial charge in [-0.15, -0.1) is 12.4 Å². The Morgan fingerprint density at radius 2 is 1.80 bits per heavy atom. The van der Waals surface area contributed by atoms with Gasteiger partial charge in [-0.2, -0.15) is 0 Å². The molecule has 140 valence electrons. The fraction of sp³-hybridized carbons (Fsp3) is 0.579. The van der Waals surface area contributed by atoms with Gasteiger partial charge in [-0.25, -0.2) is 0 Å². The Kier molecular flexibility index (Phi) is 9.53. The summed E-state index contributed by atoms with van der Waals surface area (Å²) in [5, 5.41) is 3.13. The molecule has 3 N–H and O–H groups in total. The number of methoxy groups -OCH3 is 1. The molecule has 1 saturated carbocycles. The summed E-state index contributed by atoms with van der Waals surface area (Å²) in [5.74, 6) is 0.420. The van der Waals surface area contributed by atoms with Gasteiger partial charge < -0.3 is 15.8 Å². The molecule has 0 heterocycles. The monoisotopic (exact) mass is 368 g/mol. The van der Waals surface area contributed by atoms with Crippen LogP contribution >= 0.6 is 12.4 Å². The molecule has 0 unspecified atom stereocenters. The molecule has 5 nitrogen and oxygen atoms in total. The number of nitrogens with two attached hydrogens (primary N) is 1. The molecule has 0 bridgehead atoms. The Balaban J connectivity index is 0.00000312. The van der Waals surface area contributed by atoms with Crippen molar-refractivity contribution in [2.75, 3.05) is 13.7 Å². The van der Waals surface area contributed by atoms with Gasteiger partial charge in [0, 0.05) is 18.0 Å². The smallest absolute Gasteiger partial charge is 0.305 e. The number of ether oxygens (including phenoxy) is 1. The standard InChI is InChI=1S/C19H28N2O3.ClH/c1-24-18(22)11-6-14-4-9-17(10-5-14)21-19(23)16-7-2-15(3-8-16)12-13-20;/h2-3,7-8,14,17H,4-6,9-13,20H2,1H3,(H,21,23);1H. The minimum absolute atomic E-state index is 0. The van der Waals surface area contributed by atoms with Gasteiger partial charge >= 0.3 is 5.97 Å². The number of amides is 1. The van der Waals surface area contributed by atoms with Crippen LogP contribution in [0.1, 0.15) is 54.4 Å². The Bertz CT molecular complexity index is 540. The number of halogens is 1. The topological polar surface area (TPSA) is 81.4 Å². The van der Waals surface area contributed by atoms with E-state index in [1.807, 2.05) is 24.3 Å². The number of carbonyl (C=O) groups is 2. The molecule has 0 aromatic heterocycles. The van der Waals surface area contributed by atoms with Crippen LogP contribution in [0, 0.1) is 5.92 Å². The summed E-state index contributed by atoms with van der Waals surface area (Å²) < 4.78 is 4.68. The average Bonchev–Trinajstić information content (AvgIpc) is 2.61. The van der Waals surface area contributed by atoms with E-state index < -0.39 is 0 Å². The second-order valence-electron chi connectivity index (χ2n) is 6.54. The molecule has 0 radical (unpaired) electrons. The number of rotatable bonds is 7. The van der Waals surface area contributed by atoms with Crippen LogP contribution in [-0.4, -0.2) is 31.6 Å². The van der Waals surface area contributed by atoms with Gasteiger partial charge in [0.1, 0.15) is 0 Å². The first-order valence-electron chi connectivity index (χ1n) is 8.79. The Hall–Kier alpha value is -1.59. The van der Waals surface area contributed by atoms with Crippen LogP contribution in [0.5, 0.6) is 0 Å². The van der Waals surface area contributed by atoms with E-state index in [4.69, 9.17) is 5.73 Å². The highest BCUT2D eigenvalue weighted by Crippen LogP contribution is 2.28. The van der Waals surface area contributed by atoms with Crippen LogP contribution in [0.15, 0.2) is 24.3 Å². The molecule has 0 spiro atoms. The summed E-state index contributed by atoms with van der Waals surface area (Å²) >= 11 is 0. The lowest BCUT2D eigenvalue weighted by molar-refractivity contribution is -0.141. The number of esters is 1. The molecule has 1 fully saturated rings. The van der Waals surface area contributed by atoms with Crippen LogP contribution in [0.2, 0.25) is 0 Å². The second-order valence-corrected chi connectivity index (χ2v) is 6.54. The Morgan fingerprint density at radius 3 is 2.36 bits per heavy atom. The van der Waals surface area contributed by atoms with Crippen LogP contribution in [0.4, 0.5) is 0 Å². The van der Waals surface area contributed by atoms with Gasteiger partial charge in [0.05, 0.1) is 7.11 Å². The van der Waals surface area contributed by atoms with Crippen molar-refractivity contribution in [2.45, 2.75) is 51.0 Å². The zero-order valence-electron chi connectivity index (χ0n) is 14.8. The molecule has 2 rings (SSSR count). The van der Waals surface area contributed by atoms with E-state index in [-0.39, 0.29) is 30.3 Å². The van der Waals surface area contributed by atoms with Crippen LogP contribution < -0.4 is 11.1 Å². The van der Waals surface area contributed by atoms with E-state index in [1.54, 1.807) is 0 Å². The maximum Gasteiger partial charge on any atom is 0.305 e. The van der Waals surface area contributed by atoms with E-state index in [2.05, 4.69) is 10.1 Å². The van der Waals surface area contributed by atoms with Gasteiger partial charge in [-0.05, 0) is 68.7 Å². The first kappa shape index (κ1) is 21.5. The highest BCUT2D eigenvalue weighted by molar-refractivity contribution is 5.94. The SMILES string of the molecule is COC(=O)CCC1CCC(NC(=O)c2ccc(CCN)cc2)CC1.Cl. The zero-order valence-corrected chi connectivity index (χ0v) is 15.6. The van der Waals surface area contributed by atoms with Crippen molar-refractivity contribution < 1.29 is 14.3 Å². The van der Waals surface area contributed by atoms with E-state index >= 15 is 0 Å². The van der Waals surface area contributed by atoms with Crippen molar-refractivity contribution >= 4 is 24.3 Å². The van der Waals surface area contributed by atoms with Gasteiger partial charge in [-0.3, -0.25) is 9.59 Å². The maximum absolute atomic E-state index is 12.3. The number of nitrogens with one attached hydrogen (secondary N) is 1. The fourth-order valence-electron chi connectivity index (χ4n) is 3.28. The maximum atomic E-state index is 12.3. The molecular weight excluding hydrogens is 340 g/mol. The van der Waals surface area contributed by atoms with Crippen molar-refractivity contribution in [3.05, 3.63) is 35.4 Å². The highest BCUT2D eigenvalue weighted by atomic mass is 35.5. The molecule has 1 aromatic carbocycles. The Morgan fingerprint density at radius 1 is 1.16 bits per heavy atom. The molecule has 0 saturated heterocycles. The molecule has 1 aliphatic carbocycles. The molecule has 1 aromatic rings. The molecule has 1 amide bonds. The summed E-state index contributed by atoms with van der Waals surface area (Å²) in [6.07, 6.45) is 6.27. The van der Waals surface area contributed by atoms with E-state index in [0.717, 1.165) is 44.1 Å². The van der Waals surface area contributed by atoms with Crippen molar-refractivity contribution in [1.82, 2.24) is 5.32 Å². The third kappa shape index (κ3) is 7.04. The molecule has 6 heteroatoms. The van der Waals surface area contributed by atoms with Crippen molar-refractivity contribution in [3.8, 4) is 0 Å². The van der Waals surface area contributed by atoms with E-state index in [9.17, 15) is 9.59 Å². The third-order valence-electron chi connectivity index (χ3n) is 4.82. The number of carbonyl (C=O) groups excluding carboxylic acids is 2. The highest BCUT2D eigenvalue weighted by Gasteiger charge is 2.23. The van der Waals surface area contributed by atoms with E-state index in [0.29, 0.717) is 24.4 Å². The Labute approximate surface area is 156 Å². The number of hydrogen-bond acceptors (Lipinski definition) is 4. The van der Waals surface area contributed by atoms with Gasteiger partial charge in [0.2, 0.25) is 0 Å². The minimum atomic E-state index is -0.136. The third-order valence-corrected chi connectivity index (χ3v) is 4.82. The molecule has 0 aliphatic heterocycles. The normalized spacial score (nSPS) is 19.6. The minimum Gasteiger partial charge on any atom is -0.469 e. The largest absolute Gasteiger partial charge is 0.469 e. The van der Waals surface area contributed by atoms with Crippen molar-refractivity contribution in [1.29, 1.82) is 0 Å². The van der Waals surface area contributed by atoms with Crippen LogP contribution in [-0.2, 0) is 16.0 Å². The van der Waals surface area contributed by atoms with Crippen molar-refractivity contribution in [3.63, 3.8) is 0 Å². The summed E-state index contributed by atoms with van der Waals surface area (Å²) in [6, 6.07) is 7.89. The summed E-state index contributed by atoms with van der Waals surface area (Å²) in [7, 11) is 1.43. The lowest BCUT2D eigenvalue weighted by atomic mass is 9.83. The first-order chi connectivity index (χ1) is 11.6. The molecule has 25 heavy (non-hydrogen) atoms. The van der Waals surface area contributed by atoms with E-state index in [1.165, 1.54) is 7.11 Å². The zero-order chi connectivity index (χ0) is 17.4. The fourth-order valence-corrected chi connectivity index (χ4v) is 3.28. The summed E-state index contributed by atoms with van der Waals surface area (Å²) in [5.41, 5.74) is 7.38. The van der Waals surface area contributed by atoms with Gasteiger partial charge in [0.15, 0.2) is 0 Å². The lowest BCUT2D eigenvalue weighted by Gasteiger charge is -2.29. The lowest BCUT2D eigenvalue weighted by Crippen LogP contribution is -2.37. The first-order valence-corrected chi connectivity index (χ1v) is 8.79. The summed E-state index contributed by atoms with van der Waals surface area (Å²) in [4.78, 5) is 23.5. The average molecular weight is 369 g/mol. The summed E-state index contributed by atoms with van der Waals surface area (Å²) in [6.45, 7) is 0.616.